The van der Waals surface area contributed by atoms with Crippen molar-refractivity contribution >= 4 is 11.6 Å². The normalized spacial score (nSPS) is 17.5. The van der Waals surface area contributed by atoms with E-state index in [9.17, 15) is 0 Å². The van der Waals surface area contributed by atoms with E-state index in [1.165, 1.54) is 5.56 Å². The Balaban J connectivity index is 1.50. The number of aromatic nitrogens is 2. The van der Waals surface area contributed by atoms with Gasteiger partial charge in [-0.25, -0.2) is 0 Å². The second kappa shape index (κ2) is 7.48. The summed E-state index contributed by atoms with van der Waals surface area (Å²) in [4.78, 5) is 2.38. The van der Waals surface area contributed by atoms with Gasteiger partial charge in [0.2, 0.25) is 11.8 Å². The van der Waals surface area contributed by atoms with E-state index in [0.29, 0.717) is 29.4 Å². The Morgan fingerprint density at radius 2 is 1.96 bits per heavy atom. The first-order valence-corrected chi connectivity index (χ1v) is 9.07. The van der Waals surface area contributed by atoms with E-state index in [4.69, 9.17) is 20.8 Å². The highest BCUT2D eigenvalue weighted by atomic mass is 35.5. The maximum Gasteiger partial charge on any atom is 0.249 e. The van der Waals surface area contributed by atoms with Crippen LogP contribution in [0.4, 0.5) is 0 Å². The molecule has 5 nitrogen and oxygen atoms in total. The molecule has 0 spiro atoms. The minimum absolute atomic E-state index is 0.358. The third-order valence-electron chi connectivity index (χ3n) is 4.77. The van der Waals surface area contributed by atoms with Gasteiger partial charge in [0, 0.05) is 6.04 Å². The van der Waals surface area contributed by atoms with Crippen LogP contribution < -0.4 is 4.74 Å². The maximum absolute atomic E-state index is 6.22. The molecule has 2 heterocycles. The van der Waals surface area contributed by atoms with Gasteiger partial charge in [-0.05, 0) is 49.2 Å². The number of halogens is 1. The first-order valence-electron chi connectivity index (χ1n) is 8.70. The average molecular weight is 370 g/mol. The summed E-state index contributed by atoms with van der Waals surface area (Å²) < 4.78 is 11.1. The molecule has 0 N–H and O–H groups in total. The lowest BCUT2D eigenvalue weighted by atomic mass is 10.0. The van der Waals surface area contributed by atoms with E-state index in [1.807, 2.05) is 36.4 Å². The summed E-state index contributed by atoms with van der Waals surface area (Å²) in [6.07, 6.45) is 2.28. The van der Waals surface area contributed by atoms with Crippen LogP contribution in [0.25, 0.3) is 11.5 Å². The molecule has 0 bridgehead atoms. The fraction of sp³-hybridized carbons (Fsp3) is 0.300. The zero-order valence-electron chi connectivity index (χ0n) is 14.6. The lowest BCUT2D eigenvalue weighted by Crippen LogP contribution is -2.22. The molecule has 6 heteroatoms. The van der Waals surface area contributed by atoms with Crippen molar-refractivity contribution in [3.05, 3.63) is 65.0 Å². The zero-order valence-corrected chi connectivity index (χ0v) is 15.3. The first kappa shape index (κ1) is 17.1. The van der Waals surface area contributed by atoms with Crippen LogP contribution in [0, 0.1) is 0 Å². The number of likely N-dealkylation sites (tertiary alicyclic amines) is 1. The van der Waals surface area contributed by atoms with E-state index >= 15 is 0 Å². The first-order chi connectivity index (χ1) is 12.7. The monoisotopic (exact) mass is 369 g/mol. The van der Waals surface area contributed by atoms with Gasteiger partial charge in [0.1, 0.15) is 5.75 Å². The van der Waals surface area contributed by atoms with Gasteiger partial charge >= 0.3 is 0 Å². The third kappa shape index (κ3) is 3.45. The number of ether oxygens (including phenoxy) is 1. The SMILES string of the molecule is COc1ccc(C2CCCN2Cc2nnc(-c3ccccc3Cl)o2)cc1. The van der Waals surface area contributed by atoms with Gasteiger partial charge in [0.05, 0.1) is 24.2 Å². The van der Waals surface area contributed by atoms with Gasteiger partial charge in [-0.15, -0.1) is 10.2 Å². The molecule has 3 aromatic rings. The van der Waals surface area contributed by atoms with E-state index < -0.39 is 0 Å². The van der Waals surface area contributed by atoms with Crippen molar-refractivity contribution in [2.45, 2.75) is 25.4 Å². The largest absolute Gasteiger partial charge is 0.497 e. The molecule has 1 saturated heterocycles. The second-order valence-electron chi connectivity index (χ2n) is 6.38. The molecule has 1 unspecified atom stereocenters. The summed E-state index contributed by atoms with van der Waals surface area (Å²) in [6, 6.07) is 16.1. The Labute approximate surface area is 157 Å². The van der Waals surface area contributed by atoms with Gasteiger partial charge in [0.25, 0.3) is 0 Å². The van der Waals surface area contributed by atoms with Gasteiger partial charge in [-0.1, -0.05) is 35.9 Å². The van der Waals surface area contributed by atoms with Crippen LogP contribution in [0.2, 0.25) is 5.02 Å². The Kier molecular flexibility index (Phi) is 4.91. The van der Waals surface area contributed by atoms with Crippen molar-refractivity contribution in [1.82, 2.24) is 15.1 Å². The van der Waals surface area contributed by atoms with Crippen molar-refractivity contribution in [3.63, 3.8) is 0 Å². The minimum Gasteiger partial charge on any atom is -0.497 e. The third-order valence-corrected chi connectivity index (χ3v) is 5.10. The van der Waals surface area contributed by atoms with E-state index in [0.717, 1.165) is 30.7 Å². The van der Waals surface area contributed by atoms with Crippen LogP contribution in [-0.4, -0.2) is 28.8 Å². The molecule has 1 aliphatic heterocycles. The van der Waals surface area contributed by atoms with Crippen molar-refractivity contribution in [1.29, 1.82) is 0 Å². The van der Waals surface area contributed by atoms with Crippen molar-refractivity contribution in [2.24, 2.45) is 0 Å². The molecule has 26 heavy (non-hydrogen) atoms. The van der Waals surface area contributed by atoms with E-state index in [-0.39, 0.29) is 0 Å². The van der Waals surface area contributed by atoms with Gasteiger partial charge in [-0.3, -0.25) is 4.90 Å². The fourth-order valence-corrected chi connectivity index (χ4v) is 3.67. The molecule has 0 radical (unpaired) electrons. The smallest absolute Gasteiger partial charge is 0.249 e. The van der Waals surface area contributed by atoms with Crippen molar-refractivity contribution in [2.75, 3.05) is 13.7 Å². The standard InChI is InChI=1S/C20H20ClN3O2/c1-25-15-10-8-14(9-11-15)18-7-4-12-24(18)13-19-22-23-20(26-19)16-5-2-3-6-17(16)21/h2-3,5-6,8-11,18H,4,7,12-13H2,1H3. The molecule has 0 saturated carbocycles. The number of hydrogen-bond donors (Lipinski definition) is 0. The van der Waals surface area contributed by atoms with Crippen LogP contribution in [-0.2, 0) is 6.54 Å². The van der Waals surface area contributed by atoms with Gasteiger partial charge < -0.3 is 9.15 Å². The molecule has 0 aliphatic carbocycles. The number of nitrogens with zero attached hydrogens (tertiary/aromatic N) is 3. The molecule has 0 amide bonds. The highest BCUT2D eigenvalue weighted by molar-refractivity contribution is 6.33. The van der Waals surface area contributed by atoms with Gasteiger partial charge in [0.15, 0.2) is 0 Å². The predicted molar refractivity (Wildman–Crippen MR) is 100 cm³/mol. The summed E-state index contributed by atoms with van der Waals surface area (Å²) >= 11 is 6.22. The molecule has 2 aromatic carbocycles. The molecule has 4 rings (SSSR count). The number of rotatable bonds is 5. The molecule has 134 valence electrons. The Bertz CT molecular complexity index is 879. The molecule has 1 aliphatic rings. The topological polar surface area (TPSA) is 51.4 Å². The second-order valence-corrected chi connectivity index (χ2v) is 6.79. The van der Waals surface area contributed by atoms with Crippen LogP contribution >= 0.6 is 11.6 Å². The Hall–Kier alpha value is -2.37. The molecule has 1 fully saturated rings. The highest BCUT2D eigenvalue weighted by Crippen LogP contribution is 2.34. The van der Waals surface area contributed by atoms with Crippen LogP contribution in [0.5, 0.6) is 5.75 Å². The predicted octanol–water partition coefficient (Wildman–Crippen LogP) is 4.74. The average Bonchev–Trinajstić information content (AvgIpc) is 3.32. The van der Waals surface area contributed by atoms with E-state index in [1.54, 1.807) is 7.11 Å². The lowest BCUT2D eigenvalue weighted by Gasteiger charge is -2.23. The van der Waals surface area contributed by atoms with Crippen LogP contribution in [0.15, 0.2) is 52.9 Å². The number of hydrogen-bond acceptors (Lipinski definition) is 5. The lowest BCUT2D eigenvalue weighted by molar-refractivity contribution is 0.224. The Morgan fingerprint density at radius 3 is 2.73 bits per heavy atom. The summed E-state index contributed by atoms with van der Waals surface area (Å²) in [6.45, 7) is 1.65. The highest BCUT2D eigenvalue weighted by Gasteiger charge is 2.27. The summed E-state index contributed by atoms with van der Waals surface area (Å²) in [7, 11) is 1.68. The molecular weight excluding hydrogens is 350 g/mol. The zero-order chi connectivity index (χ0) is 17.9. The molecule has 1 aromatic heterocycles. The summed E-state index contributed by atoms with van der Waals surface area (Å²) in [5.41, 5.74) is 2.05. The van der Waals surface area contributed by atoms with Gasteiger partial charge in [-0.2, -0.15) is 0 Å². The molecule has 1 atom stereocenters. The number of benzene rings is 2. The van der Waals surface area contributed by atoms with Crippen LogP contribution in [0.3, 0.4) is 0 Å². The fourth-order valence-electron chi connectivity index (χ4n) is 3.45. The Morgan fingerprint density at radius 1 is 1.15 bits per heavy atom. The van der Waals surface area contributed by atoms with E-state index in [2.05, 4.69) is 27.2 Å². The minimum atomic E-state index is 0.358. The number of methoxy groups -OCH3 is 1. The van der Waals surface area contributed by atoms with Crippen LogP contribution in [0.1, 0.15) is 30.3 Å². The quantitative estimate of drug-likeness (QED) is 0.650. The maximum atomic E-state index is 6.22. The van der Waals surface area contributed by atoms with Crippen molar-refractivity contribution in [3.8, 4) is 17.2 Å². The van der Waals surface area contributed by atoms with Crippen molar-refractivity contribution < 1.29 is 9.15 Å². The summed E-state index contributed by atoms with van der Waals surface area (Å²) in [5.74, 6) is 1.95. The summed E-state index contributed by atoms with van der Waals surface area (Å²) in [5, 5.41) is 8.99. The molecular formula is C20H20ClN3O2.